The van der Waals surface area contributed by atoms with Crippen molar-refractivity contribution in [3.63, 3.8) is 0 Å². The number of fused-ring (bicyclic) bond motifs is 10. The number of anilines is 3. The van der Waals surface area contributed by atoms with Crippen LogP contribution >= 0.6 is 0 Å². The molecule has 0 aliphatic heterocycles. The van der Waals surface area contributed by atoms with Gasteiger partial charge in [-0.2, -0.15) is 0 Å². The van der Waals surface area contributed by atoms with E-state index in [1.54, 1.807) is 11.1 Å². The lowest BCUT2D eigenvalue weighted by Gasteiger charge is -2.92. The largest absolute Gasteiger partial charge is 0.310 e. The minimum Gasteiger partial charge on any atom is -0.310 e. The summed E-state index contributed by atoms with van der Waals surface area (Å²) in [5.74, 6) is 4.51. The van der Waals surface area contributed by atoms with Crippen LogP contribution in [0.25, 0.3) is 33.4 Å². The van der Waals surface area contributed by atoms with Crippen LogP contribution < -0.4 is 4.90 Å². The minimum absolute atomic E-state index is 0.0845. The first-order valence-corrected chi connectivity index (χ1v) is 21.2. The van der Waals surface area contributed by atoms with Crippen molar-refractivity contribution >= 4 is 17.1 Å². The molecule has 0 saturated heterocycles. The first kappa shape index (κ1) is 32.4. The van der Waals surface area contributed by atoms with E-state index in [1.165, 1.54) is 92.0 Å². The second-order valence-electron chi connectivity index (χ2n) is 19.3. The van der Waals surface area contributed by atoms with Gasteiger partial charge in [0.05, 0.1) is 5.69 Å². The molecule has 4 saturated carbocycles. The molecule has 0 aromatic heterocycles. The van der Waals surface area contributed by atoms with E-state index in [1.807, 2.05) is 0 Å². The molecule has 4 atom stereocenters. The van der Waals surface area contributed by atoms with Gasteiger partial charge in [-0.05, 0) is 158 Å². The van der Waals surface area contributed by atoms with Crippen molar-refractivity contribution < 1.29 is 0 Å². The van der Waals surface area contributed by atoms with Gasteiger partial charge in [-0.15, -0.1) is 0 Å². The Bertz CT molecular complexity index is 2580. The second kappa shape index (κ2) is 10.7. The number of hydrogen-bond acceptors (Lipinski definition) is 1. The lowest BCUT2D eigenvalue weighted by Crippen LogP contribution is -2.88. The quantitative estimate of drug-likeness (QED) is 0.166. The zero-order chi connectivity index (χ0) is 37.2. The molecular formula is C54H51N. The van der Waals surface area contributed by atoms with Crippen molar-refractivity contribution in [2.24, 2.45) is 29.1 Å². The maximum atomic E-state index is 2.66. The summed E-state index contributed by atoms with van der Waals surface area (Å²) >= 11 is 0. The van der Waals surface area contributed by atoms with Crippen molar-refractivity contribution in [2.75, 3.05) is 4.90 Å². The van der Waals surface area contributed by atoms with Crippen LogP contribution in [0, 0.1) is 29.1 Å². The summed E-state index contributed by atoms with van der Waals surface area (Å²) in [6.07, 6.45) is 4.34. The van der Waals surface area contributed by atoms with Gasteiger partial charge >= 0.3 is 0 Å². The molecule has 0 bridgehead atoms. The highest BCUT2D eigenvalue weighted by Gasteiger charge is 2.90. The third kappa shape index (κ3) is 3.77. The molecular weight excluding hydrogens is 663 g/mol. The molecule has 4 unspecified atom stereocenters. The molecule has 12 rings (SSSR count). The number of nitrogens with zero attached hydrogens (tertiary/aromatic N) is 1. The molecule has 6 aromatic carbocycles. The predicted molar refractivity (Wildman–Crippen MR) is 229 cm³/mol. The summed E-state index contributed by atoms with van der Waals surface area (Å²) in [6, 6.07) is 50.2. The topological polar surface area (TPSA) is 3.24 Å². The Balaban J connectivity index is 1.09. The van der Waals surface area contributed by atoms with Gasteiger partial charge in [-0.25, -0.2) is 0 Å². The van der Waals surface area contributed by atoms with E-state index in [4.69, 9.17) is 0 Å². The average molecular weight is 714 g/mol. The highest BCUT2D eigenvalue weighted by Crippen LogP contribution is 2.94. The van der Waals surface area contributed by atoms with Crippen LogP contribution in [0.5, 0.6) is 0 Å². The Labute approximate surface area is 327 Å². The van der Waals surface area contributed by atoms with Crippen LogP contribution in [0.15, 0.2) is 127 Å². The van der Waals surface area contributed by atoms with Crippen molar-refractivity contribution in [3.8, 4) is 33.4 Å². The fourth-order valence-electron chi connectivity index (χ4n) is 13.7. The Morgan fingerprint density at radius 1 is 0.491 bits per heavy atom. The smallest absolute Gasteiger partial charge is 0.0540 e. The van der Waals surface area contributed by atoms with Crippen molar-refractivity contribution in [3.05, 3.63) is 161 Å². The molecule has 4 fully saturated rings. The fraction of sp³-hybridized carbons (Fsp3) is 0.333. The third-order valence-corrected chi connectivity index (χ3v) is 16.3. The zero-order valence-electron chi connectivity index (χ0n) is 33.2. The van der Waals surface area contributed by atoms with Crippen molar-refractivity contribution in [2.45, 2.75) is 83.5 Å². The van der Waals surface area contributed by atoms with E-state index in [0.717, 1.165) is 23.7 Å². The maximum Gasteiger partial charge on any atom is 0.0540 e. The molecule has 2 spiro atoms. The van der Waals surface area contributed by atoms with Gasteiger partial charge in [-0.3, -0.25) is 0 Å². The second-order valence-corrected chi connectivity index (χ2v) is 19.3. The SMILES string of the molecule is CC(C)c1ccc(-c2cc(C(C)C)ccc2N(c2ccc3c(c2)C(C)(C)c2ccccc2-3)c2ccc3c(c2)C2(c4ccccc4-3)C3CC4CC5CC2C453)cc1. The lowest BCUT2D eigenvalue weighted by atomic mass is 9.11. The number of hydrogen-bond donors (Lipinski definition) is 0. The van der Waals surface area contributed by atoms with Crippen molar-refractivity contribution in [1.29, 1.82) is 0 Å². The van der Waals surface area contributed by atoms with Crippen LogP contribution in [0.4, 0.5) is 17.1 Å². The molecule has 6 aromatic rings. The van der Waals surface area contributed by atoms with Gasteiger partial charge < -0.3 is 4.90 Å². The fourth-order valence-corrected chi connectivity index (χ4v) is 13.7. The first-order valence-electron chi connectivity index (χ1n) is 21.2. The summed E-state index contributed by atoms with van der Waals surface area (Å²) < 4.78 is 0. The molecule has 6 aliphatic carbocycles. The Hall–Kier alpha value is -4.88. The summed E-state index contributed by atoms with van der Waals surface area (Å²) in [4.78, 5) is 2.62. The molecule has 0 amide bonds. The van der Waals surface area contributed by atoms with Crippen LogP contribution in [0.3, 0.4) is 0 Å². The van der Waals surface area contributed by atoms with E-state index in [9.17, 15) is 0 Å². The van der Waals surface area contributed by atoms with Crippen LogP contribution in [-0.4, -0.2) is 0 Å². The van der Waals surface area contributed by atoms with Gasteiger partial charge in [0.1, 0.15) is 0 Å². The van der Waals surface area contributed by atoms with Gasteiger partial charge in [0.15, 0.2) is 0 Å². The average Bonchev–Trinajstić information content (AvgIpc) is 3.59. The van der Waals surface area contributed by atoms with Crippen LogP contribution in [0.2, 0.25) is 0 Å². The van der Waals surface area contributed by atoms with E-state index in [-0.39, 0.29) is 10.8 Å². The zero-order valence-corrected chi connectivity index (χ0v) is 33.2. The standard InChI is InChI=1S/C54H51N/c1-31(2)33-15-17-34(18-16-33)44-25-35(32(3)4)19-24-49(44)55(38-20-22-42-40-11-7-9-13-45(40)52(5,6)47(42)29-38)39-21-23-43-41-12-8-10-14-46(41)54(48(43)30-39)50-27-36-26-37-28-51(54)53(36,37)50/h7-25,29-32,36-37,50-51H,26-28H2,1-6H3. The van der Waals surface area contributed by atoms with Gasteiger partial charge in [0, 0.05) is 27.8 Å². The molecule has 1 heteroatoms. The molecule has 0 N–H and O–H groups in total. The Kier molecular flexibility index (Phi) is 6.30. The Morgan fingerprint density at radius 3 is 1.67 bits per heavy atom. The van der Waals surface area contributed by atoms with E-state index in [0.29, 0.717) is 17.3 Å². The maximum absolute atomic E-state index is 2.66. The number of benzene rings is 6. The minimum atomic E-state index is -0.0845. The molecule has 0 heterocycles. The molecule has 55 heavy (non-hydrogen) atoms. The number of rotatable bonds is 6. The molecule has 272 valence electrons. The van der Waals surface area contributed by atoms with Gasteiger partial charge in [0.2, 0.25) is 0 Å². The normalized spacial score (nSPS) is 27.5. The molecule has 6 aliphatic rings. The summed E-state index contributed by atoms with van der Waals surface area (Å²) in [5.41, 5.74) is 21.6. The summed E-state index contributed by atoms with van der Waals surface area (Å²) in [5, 5.41) is 0. The highest BCUT2D eigenvalue weighted by molar-refractivity contribution is 5.93. The van der Waals surface area contributed by atoms with E-state index < -0.39 is 0 Å². The third-order valence-electron chi connectivity index (χ3n) is 16.3. The summed E-state index contributed by atoms with van der Waals surface area (Å²) in [6.45, 7) is 14.0. The van der Waals surface area contributed by atoms with Gasteiger partial charge in [0.25, 0.3) is 0 Å². The van der Waals surface area contributed by atoms with E-state index in [2.05, 4.69) is 174 Å². The monoisotopic (exact) mass is 713 g/mol. The molecule has 1 nitrogen and oxygen atoms in total. The molecule has 0 radical (unpaired) electrons. The first-order chi connectivity index (χ1) is 26.6. The van der Waals surface area contributed by atoms with E-state index >= 15 is 0 Å². The van der Waals surface area contributed by atoms with Crippen LogP contribution in [0.1, 0.15) is 106 Å². The Morgan fingerprint density at radius 2 is 1.04 bits per heavy atom. The summed E-state index contributed by atoms with van der Waals surface area (Å²) in [7, 11) is 0. The highest BCUT2D eigenvalue weighted by atomic mass is 15.1. The van der Waals surface area contributed by atoms with Crippen molar-refractivity contribution in [1.82, 2.24) is 0 Å². The lowest BCUT2D eigenvalue weighted by molar-refractivity contribution is -0.412. The van der Waals surface area contributed by atoms with Crippen LogP contribution in [-0.2, 0) is 10.8 Å². The predicted octanol–water partition coefficient (Wildman–Crippen LogP) is 14.3. The van der Waals surface area contributed by atoms with Gasteiger partial charge in [-0.1, -0.05) is 133 Å².